The first-order chi connectivity index (χ1) is 6.97. The number of hydrogen-bond donors (Lipinski definition) is 0. The van der Waals surface area contributed by atoms with Gasteiger partial charge in [-0.3, -0.25) is 0 Å². The average Bonchev–Trinajstić information content (AvgIpc) is 2.60. The first-order valence-electron chi connectivity index (χ1n) is 4.88. The highest BCUT2D eigenvalue weighted by molar-refractivity contribution is 5.62. The van der Waals surface area contributed by atoms with E-state index in [1.165, 1.54) is 0 Å². The van der Waals surface area contributed by atoms with Crippen molar-refractivity contribution in [1.82, 2.24) is 4.90 Å². The van der Waals surface area contributed by atoms with Crippen molar-refractivity contribution in [3.8, 4) is 0 Å². The second-order valence-electron chi connectivity index (χ2n) is 4.22. The number of alkyl halides is 2. The van der Waals surface area contributed by atoms with Crippen molar-refractivity contribution in [2.45, 2.75) is 18.8 Å². The minimum absolute atomic E-state index is 0.0287. The number of carbonyl (C=O) groups is 1. The second-order valence-corrected chi connectivity index (χ2v) is 4.22. The van der Waals surface area contributed by atoms with Gasteiger partial charge in [0.25, 0.3) is 5.92 Å². The molecule has 2 rings (SSSR count). The van der Waals surface area contributed by atoms with Gasteiger partial charge in [0.15, 0.2) is 0 Å². The molecule has 0 aromatic rings. The number of carboxylic acid groups (broad SMARTS) is 1. The monoisotopic (exact) mass is 220 g/mol. The number of amides is 1. The van der Waals surface area contributed by atoms with Gasteiger partial charge < -0.3 is 19.5 Å². The van der Waals surface area contributed by atoms with E-state index in [2.05, 4.69) is 0 Å². The van der Waals surface area contributed by atoms with Crippen molar-refractivity contribution in [3.63, 3.8) is 0 Å². The third-order valence-corrected chi connectivity index (χ3v) is 3.39. The van der Waals surface area contributed by atoms with Gasteiger partial charge in [0, 0.05) is 13.2 Å². The van der Waals surface area contributed by atoms with E-state index in [1.807, 2.05) is 0 Å². The molecule has 2 fully saturated rings. The molecule has 0 N–H and O–H groups in total. The molecule has 2 heterocycles. The van der Waals surface area contributed by atoms with Crippen molar-refractivity contribution in [3.05, 3.63) is 0 Å². The van der Waals surface area contributed by atoms with Crippen molar-refractivity contribution < 1.29 is 23.4 Å². The van der Waals surface area contributed by atoms with Crippen LogP contribution in [-0.4, -0.2) is 43.2 Å². The van der Waals surface area contributed by atoms with E-state index < -0.39 is 24.0 Å². The van der Waals surface area contributed by atoms with Crippen LogP contribution in [0.25, 0.3) is 0 Å². The van der Waals surface area contributed by atoms with E-state index in [0.717, 1.165) is 0 Å². The minimum Gasteiger partial charge on any atom is -0.530 e. The summed E-state index contributed by atoms with van der Waals surface area (Å²) in [5.74, 6) is -3.01. The Morgan fingerprint density at radius 2 is 2.13 bits per heavy atom. The van der Waals surface area contributed by atoms with E-state index in [1.54, 1.807) is 0 Å². The van der Waals surface area contributed by atoms with Crippen LogP contribution in [0.2, 0.25) is 0 Å². The number of hydrogen-bond acceptors (Lipinski definition) is 3. The molecule has 1 amide bonds. The maximum Gasteiger partial charge on any atom is 0.273 e. The molecule has 2 aliphatic heterocycles. The summed E-state index contributed by atoms with van der Waals surface area (Å²) in [5.41, 5.74) is -1.15. The number of ether oxygens (including phenoxy) is 1. The van der Waals surface area contributed by atoms with Gasteiger partial charge in [0.1, 0.15) is 6.09 Å². The van der Waals surface area contributed by atoms with Crippen molar-refractivity contribution >= 4 is 6.09 Å². The molecule has 2 aliphatic rings. The lowest BCUT2D eigenvalue weighted by atomic mass is 9.75. The van der Waals surface area contributed by atoms with Crippen LogP contribution in [0.4, 0.5) is 13.6 Å². The lowest BCUT2D eigenvalue weighted by Crippen LogP contribution is -2.59. The average molecular weight is 220 g/mol. The molecule has 0 saturated carbocycles. The Labute approximate surface area is 85.8 Å². The number of rotatable bonds is 0. The van der Waals surface area contributed by atoms with Crippen molar-refractivity contribution in [2.24, 2.45) is 5.41 Å². The Balaban J connectivity index is 2.15. The summed E-state index contributed by atoms with van der Waals surface area (Å²) in [6, 6.07) is 0. The summed E-state index contributed by atoms with van der Waals surface area (Å²) >= 11 is 0. The fourth-order valence-corrected chi connectivity index (χ4v) is 2.27. The summed E-state index contributed by atoms with van der Waals surface area (Å²) in [5, 5.41) is 10.5. The maximum atomic E-state index is 13.8. The standard InChI is InChI=1S/C9H13F2NO3/c10-9(11)5-12(7(13)14)3-1-8(9)2-4-15-6-8/h1-6H2,(H,13,14)/p-1. The molecule has 1 spiro atoms. The Morgan fingerprint density at radius 3 is 2.60 bits per heavy atom. The first kappa shape index (κ1) is 10.6. The predicted molar refractivity (Wildman–Crippen MR) is 44.4 cm³/mol. The quantitative estimate of drug-likeness (QED) is 0.580. The molecule has 0 radical (unpaired) electrons. The van der Waals surface area contributed by atoms with Gasteiger partial charge in [-0.25, -0.2) is 8.78 Å². The van der Waals surface area contributed by atoms with E-state index in [-0.39, 0.29) is 19.6 Å². The van der Waals surface area contributed by atoms with Crippen molar-refractivity contribution in [2.75, 3.05) is 26.3 Å². The number of piperidine rings is 1. The van der Waals surface area contributed by atoms with Crippen molar-refractivity contribution in [1.29, 1.82) is 0 Å². The number of halogens is 2. The zero-order valence-corrected chi connectivity index (χ0v) is 8.17. The van der Waals surface area contributed by atoms with Crippen LogP contribution in [0.3, 0.4) is 0 Å². The SMILES string of the molecule is O=C([O-])N1CCC2(CCOC2)C(F)(F)C1. The number of likely N-dealkylation sites (tertiary alicyclic amines) is 1. The lowest BCUT2D eigenvalue weighted by molar-refractivity contribution is -0.276. The van der Waals surface area contributed by atoms with E-state index in [9.17, 15) is 18.7 Å². The molecule has 15 heavy (non-hydrogen) atoms. The molecule has 4 nitrogen and oxygen atoms in total. The zero-order valence-electron chi connectivity index (χ0n) is 8.17. The van der Waals surface area contributed by atoms with Crippen LogP contribution in [0.15, 0.2) is 0 Å². The van der Waals surface area contributed by atoms with Crippen LogP contribution >= 0.6 is 0 Å². The third-order valence-electron chi connectivity index (χ3n) is 3.39. The fourth-order valence-electron chi connectivity index (χ4n) is 2.27. The van der Waals surface area contributed by atoms with E-state index >= 15 is 0 Å². The summed E-state index contributed by atoms with van der Waals surface area (Å²) < 4.78 is 32.5. The molecule has 1 unspecified atom stereocenters. The van der Waals surface area contributed by atoms with Crippen LogP contribution in [0, 0.1) is 5.41 Å². The Kier molecular flexibility index (Phi) is 2.33. The third kappa shape index (κ3) is 1.56. The van der Waals surface area contributed by atoms with E-state index in [0.29, 0.717) is 17.9 Å². The minimum atomic E-state index is -3.01. The number of nitrogens with zero attached hydrogens (tertiary/aromatic N) is 1. The molecule has 0 aliphatic carbocycles. The normalized spacial score (nSPS) is 34.7. The Bertz CT molecular complexity index is 277. The van der Waals surface area contributed by atoms with Gasteiger partial charge in [-0.05, 0) is 12.8 Å². The molecule has 0 aromatic heterocycles. The largest absolute Gasteiger partial charge is 0.530 e. The summed E-state index contributed by atoms with van der Waals surface area (Å²) in [6.45, 7) is -0.290. The molecule has 86 valence electrons. The topological polar surface area (TPSA) is 52.6 Å². The van der Waals surface area contributed by atoms with Gasteiger partial charge in [-0.2, -0.15) is 0 Å². The van der Waals surface area contributed by atoms with Gasteiger partial charge in [-0.15, -0.1) is 0 Å². The van der Waals surface area contributed by atoms with Crippen LogP contribution in [0.5, 0.6) is 0 Å². The Hall–Kier alpha value is -0.910. The summed E-state index contributed by atoms with van der Waals surface area (Å²) in [4.78, 5) is 11.2. The molecule has 6 heteroatoms. The van der Waals surface area contributed by atoms with Gasteiger partial charge in [0.2, 0.25) is 0 Å². The molecular formula is C9H12F2NO3-. The molecule has 0 bridgehead atoms. The highest BCUT2D eigenvalue weighted by Gasteiger charge is 2.58. The molecule has 1 atom stereocenters. The van der Waals surface area contributed by atoms with Crippen LogP contribution < -0.4 is 5.11 Å². The molecule has 0 aromatic carbocycles. The summed E-state index contributed by atoms with van der Waals surface area (Å²) in [6.07, 6.45) is -1.07. The van der Waals surface area contributed by atoms with Crippen LogP contribution in [0.1, 0.15) is 12.8 Å². The highest BCUT2D eigenvalue weighted by atomic mass is 19.3. The zero-order chi connectivity index (χ0) is 11.1. The maximum absolute atomic E-state index is 13.8. The molecule has 2 saturated heterocycles. The van der Waals surface area contributed by atoms with E-state index in [4.69, 9.17) is 4.74 Å². The lowest BCUT2D eigenvalue weighted by Gasteiger charge is -2.45. The Morgan fingerprint density at radius 1 is 1.40 bits per heavy atom. The number of carbonyl (C=O) groups excluding carboxylic acids is 1. The first-order valence-corrected chi connectivity index (χ1v) is 4.88. The smallest absolute Gasteiger partial charge is 0.273 e. The van der Waals surface area contributed by atoms with Gasteiger partial charge in [-0.1, -0.05) is 0 Å². The molecular weight excluding hydrogens is 208 g/mol. The van der Waals surface area contributed by atoms with Crippen LogP contribution in [-0.2, 0) is 4.74 Å². The summed E-state index contributed by atoms with van der Waals surface area (Å²) in [7, 11) is 0. The predicted octanol–water partition coefficient (Wildman–Crippen LogP) is 0.0774. The van der Waals surface area contributed by atoms with Gasteiger partial charge >= 0.3 is 0 Å². The van der Waals surface area contributed by atoms with Gasteiger partial charge in [0.05, 0.1) is 18.6 Å². The highest BCUT2D eigenvalue weighted by Crippen LogP contribution is 2.49. The fraction of sp³-hybridized carbons (Fsp3) is 0.889. The second kappa shape index (κ2) is 3.30.